The maximum absolute atomic E-state index is 13.2. The Morgan fingerprint density at radius 2 is 1.67 bits per heavy atom. The van der Waals surface area contributed by atoms with Crippen LogP contribution in [0.3, 0.4) is 0 Å². The molecule has 0 spiro atoms. The maximum atomic E-state index is 13.2. The fourth-order valence-electron chi connectivity index (χ4n) is 3.64. The van der Waals surface area contributed by atoms with Crippen LogP contribution in [-0.2, 0) is 7.05 Å². The molecule has 2 heterocycles. The second-order valence-electron chi connectivity index (χ2n) is 6.81. The minimum atomic E-state index is 0.0899. The van der Waals surface area contributed by atoms with Crippen LogP contribution in [0.1, 0.15) is 10.5 Å². The summed E-state index contributed by atoms with van der Waals surface area (Å²) in [5.74, 6) is 0.0899. The molecule has 4 rings (SSSR count). The van der Waals surface area contributed by atoms with Gasteiger partial charge in [-0.25, -0.2) is 0 Å². The van der Waals surface area contributed by atoms with Crippen LogP contribution in [0, 0.1) is 0 Å². The molecule has 0 atom stereocenters. The summed E-state index contributed by atoms with van der Waals surface area (Å²) < 4.78 is 1.92. The van der Waals surface area contributed by atoms with Crippen molar-refractivity contribution in [2.45, 2.75) is 0 Å². The molecule has 138 valence electrons. The van der Waals surface area contributed by atoms with Crippen LogP contribution in [0.4, 0.5) is 5.69 Å². The van der Waals surface area contributed by atoms with Crippen molar-refractivity contribution in [1.29, 1.82) is 0 Å². The molecule has 0 aliphatic carbocycles. The molecule has 1 aliphatic heterocycles. The molecule has 1 saturated heterocycles. The van der Waals surface area contributed by atoms with Gasteiger partial charge in [-0.3, -0.25) is 4.79 Å². The summed E-state index contributed by atoms with van der Waals surface area (Å²) in [5, 5.41) is 0.738. The normalized spacial score (nSPS) is 14.4. The standard InChI is InChI=1S/C22H22ClN3O/c1-24-11-10-20(17-6-3-2-4-7-17)21(24)22(27)26-14-12-25(13-15-26)19-9-5-8-18(23)16-19/h2-11,16H,12-15H2,1H3. The van der Waals surface area contributed by atoms with Crippen LogP contribution < -0.4 is 4.90 Å². The van der Waals surface area contributed by atoms with Crippen molar-refractivity contribution in [3.63, 3.8) is 0 Å². The zero-order valence-corrected chi connectivity index (χ0v) is 16.1. The molecule has 3 aromatic rings. The third-order valence-corrected chi connectivity index (χ3v) is 5.34. The number of carbonyl (C=O) groups is 1. The van der Waals surface area contributed by atoms with E-state index in [0.29, 0.717) is 13.1 Å². The van der Waals surface area contributed by atoms with Crippen molar-refractivity contribution < 1.29 is 4.79 Å². The third kappa shape index (κ3) is 3.58. The Labute approximate surface area is 164 Å². The summed E-state index contributed by atoms with van der Waals surface area (Å²) in [5.41, 5.74) is 3.91. The first-order chi connectivity index (χ1) is 13.1. The van der Waals surface area contributed by atoms with Gasteiger partial charge >= 0.3 is 0 Å². The molecule has 1 aliphatic rings. The number of piperazine rings is 1. The van der Waals surface area contributed by atoms with Crippen molar-refractivity contribution in [3.05, 3.63) is 77.6 Å². The Morgan fingerprint density at radius 1 is 0.926 bits per heavy atom. The molecule has 1 fully saturated rings. The van der Waals surface area contributed by atoms with Gasteiger partial charge in [-0.1, -0.05) is 48.0 Å². The molecular weight excluding hydrogens is 358 g/mol. The van der Waals surface area contributed by atoms with Crippen molar-refractivity contribution in [2.75, 3.05) is 31.1 Å². The average Bonchev–Trinajstić information content (AvgIpc) is 3.10. The van der Waals surface area contributed by atoms with E-state index in [1.54, 1.807) is 0 Å². The second-order valence-corrected chi connectivity index (χ2v) is 7.25. The van der Waals surface area contributed by atoms with Gasteiger partial charge in [0.2, 0.25) is 0 Å². The lowest BCUT2D eigenvalue weighted by molar-refractivity contribution is 0.0738. The van der Waals surface area contributed by atoms with Crippen LogP contribution in [0.15, 0.2) is 66.9 Å². The molecule has 0 saturated carbocycles. The summed E-state index contributed by atoms with van der Waals surface area (Å²) in [6, 6.07) is 20.0. The van der Waals surface area contributed by atoms with Crippen molar-refractivity contribution in [2.24, 2.45) is 7.05 Å². The predicted molar refractivity (Wildman–Crippen MR) is 110 cm³/mol. The molecule has 0 N–H and O–H groups in total. The van der Waals surface area contributed by atoms with E-state index in [0.717, 1.165) is 40.6 Å². The molecule has 0 bridgehead atoms. The summed E-state index contributed by atoms with van der Waals surface area (Å²) >= 11 is 6.11. The summed E-state index contributed by atoms with van der Waals surface area (Å²) in [4.78, 5) is 17.5. The largest absolute Gasteiger partial charge is 0.368 e. The number of nitrogens with zero attached hydrogens (tertiary/aromatic N) is 3. The van der Waals surface area contributed by atoms with E-state index in [2.05, 4.69) is 11.0 Å². The van der Waals surface area contributed by atoms with E-state index in [9.17, 15) is 4.79 Å². The van der Waals surface area contributed by atoms with E-state index in [1.165, 1.54) is 0 Å². The van der Waals surface area contributed by atoms with Crippen molar-refractivity contribution in [1.82, 2.24) is 9.47 Å². The highest BCUT2D eigenvalue weighted by atomic mass is 35.5. The van der Waals surface area contributed by atoms with Crippen LogP contribution in [-0.4, -0.2) is 41.6 Å². The number of anilines is 1. The van der Waals surface area contributed by atoms with Crippen LogP contribution >= 0.6 is 11.6 Å². The van der Waals surface area contributed by atoms with E-state index < -0.39 is 0 Å². The molecule has 4 nitrogen and oxygen atoms in total. The van der Waals surface area contributed by atoms with Gasteiger partial charge in [-0.15, -0.1) is 0 Å². The third-order valence-electron chi connectivity index (χ3n) is 5.10. The van der Waals surface area contributed by atoms with Crippen LogP contribution in [0.25, 0.3) is 11.1 Å². The lowest BCUT2D eigenvalue weighted by atomic mass is 10.1. The lowest BCUT2D eigenvalue weighted by Gasteiger charge is -2.36. The highest BCUT2D eigenvalue weighted by Gasteiger charge is 2.26. The number of halogens is 1. The van der Waals surface area contributed by atoms with E-state index in [-0.39, 0.29) is 5.91 Å². The molecule has 0 unspecified atom stereocenters. The Bertz CT molecular complexity index is 943. The fraction of sp³-hybridized carbons (Fsp3) is 0.227. The summed E-state index contributed by atoms with van der Waals surface area (Å²) in [6.07, 6.45) is 1.96. The van der Waals surface area contributed by atoms with E-state index in [1.807, 2.05) is 77.3 Å². The quantitative estimate of drug-likeness (QED) is 0.678. The molecule has 2 aromatic carbocycles. The number of hydrogen-bond donors (Lipinski definition) is 0. The number of carbonyl (C=O) groups excluding carboxylic acids is 1. The van der Waals surface area contributed by atoms with Gasteiger partial charge in [-0.05, 0) is 29.8 Å². The highest BCUT2D eigenvalue weighted by Crippen LogP contribution is 2.26. The first kappa shape index (κ1) is 17.7. The zero-order chi connectivity index (χ0) is 18.8. The monoisotopic (exact) mass is 379 g/mol. The number of benzene rings is 2. The summed E-state index contributed by atoms with van der Waals surface area (Å²) in [6.45, 7) is 3.00. The summed E-state index contributed by atoms with van der Waals surface area (Å²) in [7, 11) is 1.93. The van der Waals surface area contributed by atoms with Gasteiger partial charge in [0.25, 0.3) is 5.91 Å². The van der Waals surface area contributed by atoms with Gasteiger partial charge in [0.05, 0.1) is 0 Å². The molecule has 1 aromatic heterocycles. The number of aromatic nitrogens is 1. The SMILES string of the molecule is Cn1ccc(-c2ccccc2)c1C(=O)N1CCN(c2cccc(Cl)c2)CC1. The molecule has 5 heteroatoms. The zero-order valence-electron chi connectivity index (χ0n) is 15.3. The first-order valence-corrected chi connectivity index (χ1v) is 9.52. The topological polar surface area (TPSA) is 28.5 Å². The van der Waals surface area contributed by atoms with Gasteiger partial charge in [0.1, 0.15) is 5.69 Å². The van der Waals surface area contributed by atoms with Crippen molar-refractivity contribution in [3.8, 4) is 11.1 Å². The Morgan fingerprint density at radius 3 is 2.37 bits per heavy atom. The fourth-order valence-corrected chi connectivity index (χ4v) is 3.82. The maximum Gasteiger partial charge on any atom is 0.271 e. The minimum Gasteiger partial charge on any atom is -0.368 e. The van der Waals surface area contributed by atoms with Gasteiger partial charge in [-0.2, -0.15) is 0 Å². The van der Waals surface area contributed by atoms with Gasteiger partial charge in [0, 0.05) is 55.7 Å². The lowest BCUT2D eigenvalue weighted by Crippen LogP contribution is -2.49. The van der Waals surface area contributed by atoms with E-state index in [4.69, 9.17) is 11.6 Å². The number of hydrogen-bond acceptors (Lipinski definition) is 2. The average molecular weight is 380 g/mol. The molecular formula is C22H22ClN3O. The molecule has 27 heavy (non-hydrogen) atoms. The predicted octanol–water partition coefficient (Wildman–Crippen LogP) is 4.31. The van der Waals surface area contributed by atoms with Gasteiger partial charge in [0.15, 0.2) is 0 Å². The first-order valence-electron chi connectivity index (χ1n) is 9.14. The number of aryl methyl sites for hydroxylation is 1. The second kappa shape index (κ2) is 7.49. The number of amides is 1. The van der Waals surface area contributed by atoms with Gasteiger partial charge < -0.3 is 14.4 Å². The molecule has 1 amide bonds. The van der Waals surface area contributed by atoms with E-state index >= 15 is 0 Å². The van der Waals surface area contributed by atoms with Crippen LogP contribution in [0.5, 0.6) is 0 Å². The van der Waals surface area contributed by atoms with Crippen LogP contribution in [0.2, 0.25) is 5.02 Å². The Hall–Kier alpha value is -2.72. The smallest absolute Gasteiger partial charge is 0.271 e. The van der Waals surface area contributed by atoms with Crippen molar-refractivity contribution >= 4 is 23.2 Å². The molecule has 0 radical (unpaired) electrons. The Kier molecular flexibility index (Phi) is 4.90. The number of rotatable bonds is 3. The minimum absolute atomic E-state index is 0.0899. The highest BCUT2D eigenvalue weighted by molar-refractivity contribution is 6.30. The Balaban J connectivity index is 1.51.